The van der Waals surface area contributed by atoms with E-state index in [9.17, 15) is 18.0 Å². The van der Waals surface area contributed by atoms with Crippen LogP contribution >= 0.6 is 0 Å². The van der Waals surface area contributed by atoms with E-state index in [1.165, 1.54) is 36.4 Å². The van der Waals surface area contributed by atoms with E-state index in [0.29, 0.717) is 11.3 Å². The zero-order chi connectivity index (χ0) is 17.0. The number of hydrogen-bond donors (Lipinski definition) is 2. The number of nitrogens with two attached hydrogens (primary N) is 1. The Labute approximate surface area is 131 Å². The Morgan fingerprint density at radius 3 is 2.65 bits per heavy atom. The molecule has 7 heteroatoms. The molecule has 0 unspecified atom stereocenters. The first-order valence-electron chi connectivity index (χ1n) is 6.75. The average molecular weight is 324 g/mol. The van der Waals surface area contributed by atoms with E-state index < -0.39 is 24.8 Å². The molecule has 0 aromatic heterocycles. The zero-order valence-electron chi connectivity index (χ0n) is 12.3. The molecule has 3 N–H and O–H groups in total. The second kappa shape index (κ2) is 7.04. The first kappa shape index (κ1) is 16.7. The lowest BCUT2D eigenvalue weighted by molar-refractivity contribution is 0.0803. The van der Waals surface area contributed by atoms with Crippen LogP contribution in [0.5, 0.6) is 5.75 Å². The highest BCUT2D eigenvalue weighted by atomic mass is 19.3. The highest BCUT2D eigenvalue weighted by molar-refractivity contribution is 6.06. The molecule has 122 valence electrons. The van der Waals surface area contributed by atoms with E-state index >= 15 is 0 Å². The fourth-order valence-electron chi connectivity index (χ4n) is 1.92. The summed E-state index contributed by atoms with van der Waals surface area (Å²) in [5.41, 5.74) is 6.67. The predicted octanol–water partition coefficient (Wildman–Crippen LogP) is 3.61. The van der Waals surface area contributed by atoms with E-state index in [-0.39, 0.29) is 17.0 Å². The van der Waals surface area contributed by atoms with Gasteiger partial charge in [-0.1, -0.05) is 0 Å². The molecule has 2 rings (SSSR count). The maximum Gasteiger partial charge on any atom is 0.272 e. The van der Waals surface area contributed by atoms with Crippen LogP contribution < -0.4 is 15.8 Å². The number of anilines is 2. The van der Waals surface area contributed by atoms with Gasteiger partial charge in [-0.25, -0.2) is 13.2 Å². The maximum atomic E-state index is 13.2. The minimum atomic E-state index is -2.66. The van der Waals surface area contributed by atoms with Gasteiger partial charge in [-0.15, -0.1) is 0 Å². The van der Waals surface area contributed by atoms with Crippen LogP contribution in [0.2, 0.25) is 0 Å². The molecule has 0 aliphatic rings. The summed E-state index contributed by atoms with van der Waals surface area (Å²) in [6, 6.07) is 8.19. The maximum absolute atomic E-state index is 13.2. The van der Waals surface area contributed by atoms with Gasteiger partial charge in [-0.3, -0.25) is 4.79 Å². The molecule has 0 bridgehead atoms. The van der Waals surface area contributed by atoms with Gasteiger partial charge in [-0.2, -0.15) is 0 Å². The summed E-state index contributed by atoms with van der Waals surface area (Å²) in [4.78, 5) is 12.3. The van der Waals surface area contributed by atoms with Gasteiger partial charge in [0, 0.05) is 11.4 Å². The average Bonchev–Trinajstić information content (AvgIpc) is 2.49. The van der Waals surface area contributed by atoms with Gasteiger partial charge in [0.05, 0.1) is 5.56 Å². The van der Waals surface area contributed by atoms with Crippen molar-refractivity contribution in [3.8, 4) is 5.75 Å². The van der Waals surface area contributed by atoms with Crippen LogP contribution in [0.25, 0.3) is 0 Å². The van der Waals surface area contributed by atoms with Gasteiger partial charge in [0.2, 0.25) is 0 Å². The summed E-state index contributed by atoms with van der Waals surface area (Å²) in [6.45, 7) is 0.725. The number of ether oxygens (including phenoxy) is 1. The van der Waals surface area contributed by atoms with E-state index in [2.05, 4.69) is 5.32 Å². The van der Waals surface area contributed by atoms with E-state index in [1.807, 2.05) is 0 Å². The zero-order valence-corrected chi connectivity index (χ0v) is 12.3. The number of nitrogens with one attached hydrogen (secondary N) is 1. The number of carbonyl (C=O) groups is 1. The molecule has 0 radical (unpaired) electrons. The SMILES string of the molecule is Cc1cc(NC(=O)c2cc(N)ccc2OCC(F)F)ccc1F. The lowest BCUT2D eigenvalue weighted by Gasteiger charge is -2.12. The van der Waals surface area contributed by atoms with Crippen LogP contribution in [-0.4, -0.2) is 18.9 Å². The smallest absolute Gasteiger partial charge is 0.272 e. The Morgan fingerprint density at radius 2 is 2.00 bits per heavy atom. The highest BCUT2D eigenvalue weighted by Crippen LogP contribution is 2.24. The normalized spacial score (nSPS) is 10.7. The number of rotatable bonds is 5. The summed E-state index contributed by atoms with van der Waals surface area (Å²) in [7, 11) is 0. The molecule has 0 aliphatic carbocycles. The Balaban J connectivity index is 2.23. The number of alkyl halides is 2. The monoisotopic (exact) mass is 324 g/mol. The molecule has 0 fully saturated rings. The van der Waals surface area contributed by atoms with E-state index in [0.717, 1.165) is 0 Å². The Bertz CT molecular complexity index is 720. The molecule has 1 amide bonds. The van der Waals surface area contributed by atoms with E-state index in [1.54, 1.807) is 6.92 Å². The van der Waals surface area contributed by atoms with Crippen molar-refractivity contribution < 1.29 is 22.7 Å². The molecule has 0 saturated heterocycles. The molecular weight excluding hydrogens is 309 g/mol. The predicted molar refractivity (Wildman–Crippen MR) is 81.4 cm³/mol. The topological polar surface area (TPSA) is 64.4 Å². The van der Waals surface area contributed by atoms with Crippen LogP contribution in [0.1, 0.15) is 15.9 Å². The number of aryl methyl sites for hydroxylation is 1. The highest BCUT2D eigenvalue weighted by Gasteiger charge is 2.15. The van der Waals surface area contributed by atoms with Gasteiger partial charge < -0.3 is 15.8 Å². The van der Waals surface area contributed by atoms with Gasteiger partial charge >= 0.3 is 0 Å². The Morgan fingerprint density at radius 1 is 1.26 bits per heavy atom. The third kappa shape index (κ3) is 4.38. The number of amides is 1. The molecule has 0 heterocycles. The minimum Gasteiger partial charge on any atom is -0.487 e. The Hall–Kier alpha value is -2.70. The second-order valence-electron chi connectivity index (χ2n) is 4.88. The number of carbonyl (C=O) groups excluding carboxylic acids is 1. The minimum absolute atomic E-state index is 0.00386. The molecular formula is C16H15F3N2O2. The lowest BCUT2D eigenvalue weighted by Crippen LogP contribution is -2.16. The second-order valence-corrected chi connectivity index (χ2v) is 4.88. The molecule has 0 spiro atoms. The fraction of sp³-hybridized carbons (Fsp3) is 0.188. The molecule has 4 nitrogen and oxygen atoms in total. The molecule has 2 aromatic rings. The first-order chi connectivity index (χ1) is 10.9. The van der Waals surface area contributed by atoms with Crippen molar-refractivity contribution in [2.75, 3.05) is 17.7 Å². The quantitative estimate of drug-likeness (QED) is 0.826. The summed E-state index contributed by atoms with van der Waals surface area (Å²) < 4.78 is 42.7. The van der Waals surface area contributed by atoms with Gasteiger partial charge in [0.15, 0.2) is 0 Å². The molecule has 0 atom stereocenters. The third-order valence-corrected chi connectivity index (χ3v) is 3.03. The van der Waals surface area contributed by atoms with Crippen molar-refractivity contribution in [1.29, 1.82) is 0 Å². The molecule has 0 aliphatic heterocycles. The van der Waals surface area contributed by atoms with Crippen LogP contribution in [0.3, 0.4) is 0 Å². The van der Waals surface area contributed by atoms with Gasteiger partial charge in [0.1, 0.15) is 18.2 Å². The van der Waals surface area contributed by atoms with Crippen molar-refractivity contribution >= 4 is 17.3 Å². The van der Waals surface area contributed by atoms with Crippen LogP contribution in [0.4, 0.5) is 24.5 Å². The molecule has 0 saturated carbocycles. The molecule has 23 heavy (non-hydrogen) atoms. The van der Waals surface area contributed by atoms with E-state index in [4.69, 9.17) is 10.5 Å². The van der Waals surface area contributed by atoms with Crippen LogP contribution in [-0.2, 0) is 0 Å². The van der Waals surface area contributed by atoms with Crippen LogP contribution in [0.15, 0.2) is 36.4 Å². The van der Waals surface area contributed by atoms with Gasteiger partial charge in [0.25, 0.3) is 12.3 Å². The summed E-state index contributed by atoms with van der Waals surface area (Å²) in [5.74, 6) is -0.990. The number of halogens is 3. The third-order valence-electron chi connectivity index (χ3n) is 3.03. The Kier molecular flexibility index (Phi) is 5.10. The van der Waals surface area contributed by atoms with Crippen molar-refractivity contribution in [2.24, 2.45) is 0 Å². The largest absolute Gasteiger partial charge is 0.487 e. The van der Waals surface area contributed by atoms with Crippen molar-refractivity contribution in [1.82, 2.24) is 0 Å². The first-order valence-corrected chi connectivity index (χ1v) is 6.75. The van der Waals surface area contributed by atoms with Crippen molar-refractivity contribution in [3.63, 3.8) is 0 Å². The fourth-order valence-corrected chi connectivity index (χ4v) is 1.92. The standard InChI is InChI=1S/C16H15F3N2O2/c1-9-6-11(3-4-13(9)17)21-16(22)12-7-10(20)2-5-14(12)23-8-15(18)19/h2-7,15H,8,20H2,1H3,(H,21,22). The number of hydrogen-bond acceptors (Lipinski definition) is 3. The number of benzene rings is 2. The van der Waals surface area contributed by atoms with Crippen molar-refractivity contribution in [2.45, 2.75) is 13.3 Å². The van der Waals surface area contributed by atoms with Crippen LogP contribution in [0, 0.1) is 12.7 Å². The van der Waals surface area contributed by atoms with Crippen molar-refractivity contribution in [3.05, 3.63) is 53.3 Å². The summed E-state index contributed by atoms with van der Waals surface area (Å²) in [5, 5.41) is 2.55. The number of nitrogen functional groups attached to an aromatic ring is 1. The molecule has 2 aromatic carbocycles. The lowest BCUT2D eigenvalue weighted by atomic mass is 10.1. The summed E-state index contributed by atoms with van der Waals surface area (Å²) >= 11 is 0. The van der Waals surface area contributed by atoms with Gasteiger partial charge in [-0.05, 0) is 48.9 Å². The summed E-state index contributed by atoms with van der Waals surface area (Å²) in [6.07, 6.45) is -2.66.